The number of hydrogen-bond donors (Lipinski definition) is 0. The van der Waals surface area contributed by atoms with E-state index in [2.05, 4.69) is 95.6 Å². The van der Waals surface area contributed by atoms with Crippen molar-refractivity contribution in [3.05, 3.63) is 133 Å². The van der Waals surface area contributed by atoms with E-state index in [0.29, 0.717) is 17.6 Å². The predicted molar refractivity (Wildman–Crippen MR) is 150 cm³/mol. The van der Waals surface area contributed by atoms with Gasteiger partial charge in [-0.1, -0.05) is 121 Å². The molecule has 0 saturated heterocycles. The highest BCUT2D eigenvalue weighted by Crippen LogP contribution is 2.34. The minimum Gasteiger partial charge on any atom is -0.278 e. The standard InChI is InChI=1S/C33H22N4/c1-3-13-23(14-4-1)25-17-7-8-20-28(25)32-34-31(24-15-5-2-6-16-24)35-33(36-32)37-29-21-11-9-18-26(29)27-19-10-12-22-30(27)37/h1-22H. The van der Waals surface area contributed by atoms with Gasteiger partial charge in [0, 0.05) is 21.9 Å². The van der Waals surface area contributed by atoms with Gasteiger partial charge >= 0.3 is 0 Å². The summed E-state index contributed by atoms with van der Waals surface area (Å²) < 4.78 is 2.15. The van der Waals surface area contributed by atoms with Gasteiger partial charge in [-0.25, -0.2) is 4.98 Å². The van der Waals surface area contributed by atoms with Crippen molar-refractivity contribution in [2.45, 2.75) is 0 Å². The van der Waals surface area contributed by atoms with E-state index < -0.39 is 0 Å². The van der Waals surface area contributed by atoms with Crippen molar-refractivity contribution >= 4 is 21.8 Å². The summed E-state index contributed by atoms with van der Waals surface area (Å²) in [5, 5.41) is 2.34. The second-order valence-electron chi connectivity index (χ2n) is 8.93. The molecule has 2 heterocycles. The van der Waals surface area contributed by atoms with Crippen molar-refractivity contribution in [3.63, 3.8) is 0 Å². The SMILES string of the molecule is c1ccc(-c2nc(-c3ccccc3-c3ccccc3)nc(-n3c4ccccc4c4ccccc43)n2)cc1. The van der Waals surface area contributed by atoms with Gasteiger partial charge < -0.3 is 0 Å². The molecule has 4 heteroatoms. The Hall–Kier alpha value is -5.09. The maximum Gasteiger partial charge on any atom is 0.238 e. The molecule has 0 amide bonds. The molecule has 4 nitrogen and oxygen atoms in total. The summed E-state index contributed by atoms with van der Waals surface area (Å²) in [6, 6.07) is 45.6. The molecule has 7 rings (SSSR count). The molecule has 0 bridgehead atoms. The number of hydrogen-bond acceptors (Lipinski definition) is 3. The van der Waals surface area contributed by atoms with Crippen LogP contribution < -0.4 is 0 Å². The maximum absolute atomic E-state index is 5.10. The molecule has 0 fully saturated rings. The molecule has 0 aliphatic rings. The molecule has 2 aromatic heterocycles. The van der Waals surface area contributed by atoms with Gasteiger partial charge in [-0.3, -0.25) is 4.57 Å². The van der Waals surface area contributed by atoms with E-state index in [4.69, 9.17) is 15.0 Å². The lowest BCUT2D eigenvalue weighted by molar-refractivity contribution is 0.953. The molecule has 37 heavy (non-hydrogen) atoms. The third-order valence-corrected chi connectivity index (χ3v) is 6.69. The Kier molecular flexibility index (Phi) is 5.07. The lowest BCUT2D eigenvalue weighted by atomic mass is 9.99. The zero-order chi connectivity index (χ0) is 24.6. The van der Waals surface area contributed by atoms with Crippen LogP contribution in [-0.2, 0) is 0 Å². The predicted octanol–water partition coefficient (Wildman–Crippen LogP) is 7.97. The summed E-state index contributed by atoms with van der Waals surface area (Å²) >= 11 is 0. The minimum absolute atomic E-state index is 0.601. The zero-order valence-electron chi connectivity index (χ0n) is 20.0. The number of rotatable bonds is 4. The normalized spacial score (nSPS) is 11.2. The van der Waals surface area contributed by atoms with E-state index in [1.165, 1.54) is 10.8 Å². The first-order valence-corrected chi connectivity index (χ1v) is 12.3. The highest BCUT2D eigenvalue weighted by molar-refractivity contribution is 6.09. The van der Waals surface area contributed by atoms with Gasteiger partial charge in [0.15, 0.2) is 11.6 Å². The Bertz CT molecular complexity index is 1820. The van der Waals surface area contributed by atoms with Gasteiger partial charge in [-0.05, 0) is 23.3 Å². The van der Waals surface area contributed by atoms with E-state index >= 15 is 0 Å². The minimum atomic E-state index is 0.601. The average Bonchev–Trinajstić information content (AvgIpc) is 3.32. The first kappa shape index (κ1) is 21.2. The van der Waals surface area contributed by atoms with E-state index in [0.717, 1.165) is 33.3 Å². The second kappa shape index (κ2) is 8.85. The zero-order valence-corrected chi connectivity index (χ0v) is 20.0. The van der Waals surface area contributed by atoms with E-state index in [1.807, 2.05) is 42.5 Å². The lowest BCUT2D eigenvalue weighted by Crippen LogP contribution is -2.06. The number of nitrogens with zero attached hydrogens (tertiary/aromatic N) is 4. The van der Waals surface area contributed by atoms with Crippen molar-refractivity contribution in [1.29, 1.82) is 0 Å². The molecular weight excluding hydrogens is 452 g/mol. The quantitative estimate of drug-likeness (QED) is 0.260. The summed E-state index contributed by atoms with van der Waals surface area (Å²) in [6.45, 7) is 0. The van der Waals surface area contributed by atoms with Gasteiger partial charge in [-0.15, -0.1) is 0 Å². The fourth-order valence-electron chi connectivity index (χ4n) is 4.99. The van der Waals surface area contributed by atoms with Crippen molar-refractivity contribution in [1.82, 2.24) is 19.5 Å². The van der Waals surface area contributed by atoms with Crippen LogP contribution in [0.1, 0.15) is 0 Å². The molecule has 0 saturated carbocycles. The Morgan fingerprint density at radius 1 is 0.378 bits per heavy atom. The van der Waals surface area contributed by atoms with Crippen LogP contribution in [0.4, 0.5) is 0 Å². The van der Waals surface area contributed by atoms with Crippen molar-refractivity contribution < 1.29 is 0 Å². The van der Waals surface area contributed by atoms with Crippen molar-refractivity contribution in [3.8, 4) is 39.9 Å². The van der Waals surface area contributed by atoms with Crippen LogP contribution in [0, 0.1) is 0 Å². The first-order valence-electron chi connectivity index (χ1n) is 12.3. The average molecular weight is 475 g/mol. The monoisotopic (exact) mass is 474 g/mol. The number of aromatic nitrogens is 4. The molecule has 0 N–H and O–H groups in total. The highest BCUT2D eigenvalue weighted by Gasteiger charge is 2.18. The maximum atomic E-state index is 5.10. The Labute approximate surface area is 214 Å². The van der Waals surface area contributed by atoms with Gasteiger partial charge in [-0.2, -0.15) is 9.97 Å². The molecule has 0 unspecified atom stereocenters. The Morgan fingerprint density at radius 2 is 0.865 bits per heavy atom. The molecule has 174 valence electrons. The third-order valence-electron chi connectivity index (χ3n) is 6.69. The number of benzene rings is 5. The van der Waals surface area contributed by atoms with Gasteiger partial charge in [0.05, 0.1) is 11.0 Å². The highest BCUT2D eigenvalue weighted by atomic mass is 15.2. The summed E-state index contributed by atoms with van der Waals surface area (Å²) in [5.41, 5.74) is 6.26. The van der Waals surface area contributed by atoms with E-state index in [1.54, 1.807) is 0 Å². The van der Waals surface area contributed by atoms with Crippen LogP contribution in [0.25, 0.3) is 61.7 Å². The smallest absolute Gasteiger partial charge is 0.238 e. The van der Waals surface area contributed by atoms with E-state index in [-0.39, 0.29) is 0 Å². The fourth-order valence-corrected chi connectivity index (χ4v) is 4.99. The van der Waals surface area contributed by atoms with Crippen LogP contribution in [0.15, 0.2) is 133 Å². The molecule has 0 radical (unpaired) electrons. The Balaban J connectivity index is 1.54. The summed E-state index contributed by atoms with van der Waals surface area (Å²) in [7, 11) is 0. The molecular formula is C33H22N4. The van der Waals surface area contributed by atoms with Crippen LogP contribution in [0.3, 0.4) is 0 Å². The lowest BCUT2D eigenvalue weighted by Gasteiger charge is -2.13. The first-order chi connectivity index (χ1) is 18.4. The van der Waals surface area contributed by atoms with Gasteiger partial charge in [0.25, 0.3) is 0 Å². The molecule has 7 aromatic rings. The molecule has 5 aromatic carbocycles. The van der Waals surface area contributed by atoms with Crippen LogP contribution in [0.5, 0.6) is 0 Å². The molecule has 0 aliphatic carbocycles. The number of fused-ring (bicyclic) bond motifs is 3. The molecule has 0 aliphatic heterocycles. The topological polar surface area (TPSA) is 43.6 Å². The molecule has 0 atom stereocenters. The fraction of sp³-hybridized carbons (Fsp3) is 0. The van der Waals surface area contributed by atoms with Crippen LogP contribution in [-0.4, -0.2) is 19.5 Å². The summed E-state index contributed by atoms with van der Waals surface area (Å²) in [6.07, 6.45) is 0. The number of para-hydroxylation sites is 2. The Morgan fingerprint density at radius 3 is 1.51 bits per heavy atom. The van der Waals surface area contributed by atoms with Crippen LogP contribution >= 0.6 is 0 Å². The van der Waals surface area contributed by atoms with E-state index in [9.17, 15) is 0 Å². The van der Waals surface area contributed by atoms with Gasteiger partial charge in [0.1, 0.15) is 0 Å². The largest absolute Gasteiger partial charge is 0.278 e. The van der Waals surface area contributed by atoms with Crippen molar-refractivity contribution in [2.75, 3.05) is 0 Å². The summed E-state index contributed by atoms with van der Waals surface area (Å²) in [4.78, 5) is 15.1. The molecule has 0 spiro atoms. The second-order valence-corrected chi connectivity index (χ2v) is 8.93. The van der Waals surface area contributed by atoms with Crippen molar-refractivity contribution in [2.24, 2.45) is 0 Å². The van der Waals surface area contributed by atoms with Crippen LogP contribution in [0.2, 0.25) is 0 Å². The summed E-state index contributed by atoms with van der Waals surface area (Å²) in [5.74, 6) is 1.89. The van der Waals surface area contributed by atoms with Gasteiger partial charge in [0.2, 0.25) is 5.95 Å². The third kappa shape index (κ3) is 3.67.